The highest BCUT2D eigenvalue weighted by Gasteiger charge is 2.32. The second-order valence-corrected chi connectivity index (χ2v) is 9.55. The molecule has 0 aliphatic heterocycles. The van der Waals surface area contributed by atoms with Crippen molar-refractivity contribution in [3.63, 3.8) is 0 Å². The summed E-state index contributed by atoms with van der Waals surface area (Å²) in [6.07, 6.45) is -0.219. The third kappa shape index (κ3) is 12.4. The minimum atomic E-state index is -1.48. The van der Waals surface area contributed by atoms with E-state index in [-0.39, 0.29) is 37.5 Å². The lowest BCUT2D eigenvalue weighted by Crippen LogP contribution is -2.58. The van der Waals surface area contributed by atoms with E-state index < -0.39 is 66.2 Å². The minimum Gasteiger partial charge on any atom is -0.508 e. The molecule has 0 spiro atoms. The van der Waals surface area contributed by atoms with Crippen molar-refractivity contribution in [3.05, 3.63) is 29.8 Å². The molecule has 1 aromatic carbocycles. The number of carbonyl (C=O) groups is 5. The van der Waals surface area contributed by atoms with Crippen molar-refractivity contribution in [2.75, 3.05) is 6.54 Å². The monoisotopic (exact) mass is 565 g/mol. The first-order valence-electron chi connectivity index (χ1n) is 12.7. The summed E-state index contributed by atoms with van der Waals surface area (Å²) < 4.78 is 0. The van der Waals surface area contributed by atoms with Gasteiger partial charge in [-0.1, -0.05) is 26.0 Å². The smallest absolute Gasteiger partial charge is 0.326 e. The number of guanidine groups is 1. The van der Waals surface area contributed by atoms with Crippen molar-refractivity contribution in [1.29, 1.82) is 0 Å². The third-order valence-electron chi connectivity index (χ3n) is 5.82. The van der Waals surface area contributed by atoms with Gasteiger partial charge in [0, 0.05) is 19.4 Å². The number of benzene rings is 1. The molecular weight excluding hydrogens is 526 g/mol. The lowest BCUT2D eigenvalue weighted by molar-refractivity contribution is -0.143. The molecule has 0 saturated heterocycles. The first kappa shape index (κ1) is 33.6. The summed E-state index contributed by atoms with van der Waals surface area (Å²) in [4.78, 5) is 65.2. The van der Waals surface area contributed by atoms with Crippen molar-refractivity contribution in [3.8, 4) is 5.75 Å². The molecule has 0 fully saturated rings. The Morgan fingerprint density at radius 2 is 1.48 bits per heavy atom. The van der Waals surface area contributed by atoms with Gasteiger partial charge in [0.15, 0.2) is 5.96 Å². The number of carboxylic acids is 2. The van der Waals surface area contributed by atoms with Crippen LogP contribution in [0, 0.1) is 5.92 Å². The van der Waals surface area contributed by atoms with Crippen LogP contribution in [0.25, 0.3) is 0 Å². The Morgan fingerprint density at radius 1 is 0.875 bits per heavy atom. The fraction of sp³-hybridized carbons (Fsp3) is 0.520. The highest BCUT2D eigenvalue weighted by molar-refractivity contribution is 5.94. The van der Waals surface area contributed by atoms with Crippen LogP contribution < -0.4 is 33.2 Å². The molecule has 0 bridgehead atoms. The van der Waals surface area contributed by atoms with Gasteiger partial charge in [0.25, 0.3) is 0 Å². The van der Waals surface area contributed by atoms with Gasteiger partial charge in [-0.3, -0.25) is 24.2 Å². The molecule has 0 heterocycles. The Bertz CT molecular complexity index is 1060. The molecule has 222 valence electrons. The number of phenolic OH excluding ortho intramolecular Hbond substituents is 1. The van der Waals surface area contributed by atoms with Crippen molar-refractivity contribution < 1.29 is 39.3 Å². The average molecular weight is 566 g/mol. The number of hydrogen-bond acceptors (Lipinski definition) is 8. The summed E-state index contributed by atoms with van der Waals surface area (Å²) in [5.41, 5.74) is 17.1. The zero-order chi connectivity index (χ0) is 30.4. The Balaban J connectivity index is 3.05. The number of hydrogen-bond donors (Lipinski definition) is 9. The molecule has 12 N–H and O–H groups in total. The average Bonchev–Trinajstić information content (AvgIpc) is 2.87. The van der Waals surface area contributed by atoms with Crippen LogP contribution in [0.1, 0.15) is 45.1 Å². The number of nitrogens with zero attached hydrogens (tertiary/aromatic N) is 1. The quantitative estimate of drug-likeness (QED) is 0.0587. The molecule has 4 atom stereocenters. The summed E-state index contributed by atoms with van der Waals surface area (Å²) in [6.45, 7) is 3.50. The molecule has 15 heteroatoms. The number of carbonyl (C=O) groups excluding carboxylic acids is 3. The number of rotatable bonds is 17. The van der Waals surface area contributed by atoms with E-state index in [2.05, 4.69) is 20.9 Å². The van der Waals surface area contributed by atoms with Crippen molar-refractivity contribution in [2.24, 2.45) is 28.1 Å². The van der Waals surface area contributed by atoms with Gasteiger partial charge < -0.3 is 48.5 Å². The van der Waals surface area contributed by atoms with E-state index in [9.17, 15) is 34.2 Å². The van der Waals surface area contributed by atoms with Crippen LogP contribution >= 0.6 is 0 Å². The van der Waals surface area contributed by atoms with Crippen LogP contribution in [0.5, 0.6) is 5.75 Å². The zero-order valence-corrected chi connectivity index (χ0v) is 22.5. The van der Waals surface area contributed by atoms with E-state index >= 15 is 0 Å². The molecule has 1 rings (SSSR count). The van der Waals surface area contributed by atoms with E-state index in [0.717, 1.165) is 0 Å². The van der Waals surface area contributed by atoms with Gasteiger partial charge in [0.2, 0.25) is 17.7 Å². The number of aliphatic imine (C=N–C) groups is 1. The fourth-order valence-electron chi connectivity index (χ4n) is 3.58. The third-order valence-corrected chi connectivity index (χ3v) is 5.82. The molecule has 0 aliphatic carbocycles. The normalized spacial score (nSPS) is 13.8. The summed E-state index contributed by atoms with van der Waals surface area (Å²) in [6, 6.07) is 1.09. The topological polar surface area (TPSA) is 273 Å². The molecule has 0 saturated carbocycles. The molecular formula is C25H39N7O8. The van der Waals surface area contributed by atoms with Gasteiger partial charge >= 0.3 is 11.9 Å². The molecule has 1 aromatic rings. The number of nitrogens with two attached hydrogens (primary N) is 3. The summed E-state index contributed by atoms with van der Waals surface area (Å²) in [5.74, 6) is -5.43. The number of aliphatic carboxylic acids is 2. The second kappa shape index (κ2) is 16.5. The van der Waals surface area contributed by atoms with Gasteiger partial charge in [0.05, 0.1) is 6.04 Å². The van der Waals surface area contributed by atoms with E-state index in [4.69, 9.17) is 22.3 Å². The predicted octanol–water partition coefficient (Wildman–Crippen LogP) is -1.62. The summed E-state index contributed by atoms with van der Waals surface area (Å²) in [5, 5.41) is 35.2. The highest BCUT2D eigenvalue weighted by Crippen LogP contribution is 2.13. The molecule has 40 heavy (non-hydrogen) atoms. The molecule has 0 aliphatic rings. The van der Waals surface area contributed by atoms with Crippen molar-refractivity contribution in [2.45, 2.75) is 70.1 Å². The van der Waals surface area contributed by atoms with E-state index in [0.29, 0.717) is 12.0 Å². The number of amides is 3. The Morgan fingerprint density at radius 3 is 2.00 bits per heavy atom. The van der Waals surface area contributed by atoms with Crippen molar-refractivity contribution in [1.82, 2.24) is 16.0 Å². The van der Waals surface area contributed by atoms with E-state index in [1.165, 1.54) is 12.1 Å². The number of carboxylic acid groups (broad SMARTS) is 2. The SMILES string of the molecule is CC(C)C(NC(=O)C(Cc1ccc(O)cc1)NC(=O)C(N)CCCN=C(N)N)C(=O)NC(CCC(=O)O)C(=O)O. The second-order valence-electron chi connectivity index (χ2n) is 9.55. The Kier molecular flexibility index (Phi) is 13.9. The van der Waals surface area contributed by atoms with Crippen LogP contribution in [0.15, 0.2) is 29.3 Å². The molecule has 3 amide bonds. The van der Waals surface area contributed by atoms with Crippen LogP contribution in [-0.2, 0) is 30.4 Å². The molecule has 4 unspecified atom stereocenters. The fourth-order valence-corrected chi connectivity index (χ4v) is 3.58. The maximum Gasteiger partial charge on any atom is 0.326 e. The van der Waals surface area contributed by atoms with Gasteiger partial charge in [-0.2, -0.15) is 0 Å². The van der Waals surface area contributed by atoms with Gasteiger partial charge in [-0.15, -0.1) is 0 Å². The molecule has 0 aromatic heterocycles. The Hall–Kier alpha value is -4.40. The predicted molar refractivity (Wildman–Crippen MR) is 145 cm³/mol. The van der Waals surface area contributed by atoms with Crippen LogP contribution in [0.2, 0.25) is 0 Å². The summed E-state index contributed by atoms with van der Waals surface area (Å²) in [7, 11) is 0. The van der Waals surface area contributed by atoms with Gasteiger partial charge in [-0.05, 0) is 42.9 Å². The molecule has 15 nitrogen and oxygen atoms in total. The first-order valence-corrected chi connectivity index (χ1v) is 12.7. The van der Waals surface area contributed by atoms with Crippen LogP contribution in [0.4, 0.5) is 0 Å². The Labute approximate surface area is 231 Å². The lowest BCUT2D eigenvalue weighted by atomic mass is 10.00. The first-order chi connectivity index (χ1) is 18.7. The number of phenols is 1. The van der Waals surface area contributed by atoms with Crippen LogP contribution in [-0.4, -0.2) is 81.7 Å². The zero-order valence-electron chi connectivity index (χ0n) is 22.5. The van der Waals surface area contributed by atoms with Gasteiger partial charge in [0.1, 0.15) is 23.9 Å². The maximum atomic E-state index is 13.3. The maximum absolute atomic E-state index is 13.3. The van der Waals surface area contributed by atoms with Crippen molar-refractivity contribution >= 4 is 35.6 Å². The van der Waals surface area contributed by atoms with Crippen LogP contribution in [0.3, 0.4) is 0 Å². The summed E-state index contributed by atoms with van der Waals surface area (Å²) >= 11 is 0. The standard InChI is InChI=1S/C25H39N7O8/c1-13(2)20(23(38)30-17(24(39)40)9-10-19(34)35)32-22(37)18(12-14-5-7-15(33)8-6-14)31-21(36)16(26)4-3-11-29-25(27)28/h5-8,13,16-18,20,33H,3-4,9-12,26H2,1-2H3,(H,30,38)(H,31,36)(H,32,37)(H,34,35)(H,39,40)(H4,27,28,29). The largest absolute Gasteiger partial charge is 0.508 e. The number of aromatic hydroxyl groups is 1. The minimum absolute atomic E-state index is 0.00371. The van der Waals surface area contributed by atoms with E-state index in [1.54, 1.807) is 26.0 Å². The molecule has 0 radical (unpaired) electrons. The van der Waals surface area contributed by atoms with Gasteiger partial charge in [-0.25, -0.2) is 4.79 Å². The number of nitrogens with one attached hydrogen (secondary N) is 3. The highest BCUT2D eigenvalue weighted by atomic mass is 16.4. The lowest BCUT2D eigenvalue weighted by Gasteiger charge is -2.27. The van der Waals surface area contributed by atoms with E-state index in [1.807, 2.05) is 0 Å².